The van der Waals surface area contributed by atoms with Crippen LogP contribution in [0.5, 0.6) is 0 Å². The monoisotopic (exact) mass is 449 g/mol. The maximum absolute atomic E-state index is 12.9. The highest BCUT2D eigenvalue weighted by Crippen LogP contribution is 2.30. The lowest BCUT2D eigenvalue weighted by Crippen LogP contribution is -2.13. The summed E-state index contributed by atoms with van der Waals surface area (Å²) in [6.45, 7) is 7.88. The summed E-state index contributed by atoms with van der Waals surface area (Å²) in [5, 5.41) is 3.43. The quantitative estimate of drug-likeness (QED) is 0.380. The number of aryl methyl sites for hydroxylation is 4. The predicted molar refractivity (Wildman–Crippen MR) is 130 cm³/mol. The van der Waals surface area contributed by atoms with Gasteiger partial charge in [-0.05, 0) is 56.5 Å². The van der Waals surface area contributed by atoms with Gasteiger partial charge in [0.25, 0.3) is 11.5 Å². The minimum absolute atomic E-state index is 0.203. The number of carbonyl (C=O) groups is 1. The normalized spacial score (nSPS) is 11.1. The Morgan fingerprint density at radius 1 is 1.10 bits per heavy atom. The van der Waals surface area contributed by atoms with E-state index in [2.05, 4.69) is 47.3 Å². The van der Waals surface area contributed by atoms with Crippen LogP contribution < -0.4 is 10.9 Å². The number of aromatic amines is 1. The molecule has 0 aliphatic rings. The van der Waals surface area contributed by atoms with Crippen molar-refractivity contribution in [1.29, 1.82) is 0 Å². The molecule has 31 heavy (non-hydrogen) atoms. The average Bonchev–Trinajstić information content (AvgIpc) is 3.07. The Bertz CT molecular complexity index is 1350. The summed E-state index contributed by atoms with van der Waals surface area (Å²) in [5.41, 5.74) is 4.59. The van der Waals surface area contributed by atoms with Crippen LogP contribution in [0.2, 0.25) is 0 Å². The highest BCUT2D eigenvalue weighted by Gasteiger charge is 2.20. The second-order valence-corrected chi connectivity index (χ2v) is 9.59. The van der Waals surface area contributed by atoms with E-state index in [1.165, 1.54) is 27.4 Å². The van der Waals surface area contributed by atoms with Crippen molar-refractivity contribution >= 4 is 44.9 Å². The molecule has 2 aromatic heterocycles. The van der Waals surface area contributed by atoms with Crippen LogP contribution in [0.25, 0.3) is 10.2 Å². The maximum Gasteiger partial charge on any atom is 0.266 e. The number of aromatic nitrogens is 2. The molecule has 0 spiro atoms. The summed E-state index contributed by atoms with van der Waals surface area (Å²) in [6.07, 6.45) is 0. The molecule has 2 aromatic carbocycles. The van der Waals surface area contributed by atoms with Crippen molar-refractivity contribution < 1.29 is 4.79 Å². The number of rotatable bonds is 5. The Morgan fingerprint density at radius 2 is 1.87 bits per heavy atom. The lowest BCUT2D eigenvalue weighted by Gasteiger charge is -2.07. The largest absolute Gasteiger partial charge is 0.321 e. The van der Waals surface area contributed by atoms with E-state index in [4.69, 9.17) is 0 Å². The van der Waals surface area contributed by atoms with E-state index in [0.29, 0.717) is 32.2 Å². The molecule has 4 aromatic rings. The van der Waals surface area contributed by atoms with Gasteiger partial charge in [-0.3, -0.25) is 9.59 Å². The van der Waals surface area contributed by atoms with Gasteiger partial charge in [-0.15, -0.1) is 23.1 Å². The third-order valence-corrected chi connectivity index (χ3v) is 7.51. The van der Waals surface area contributed by atoms with Crippen molar-refractivity contribution in [3.05, 3.63) is 85.8 Å². The van der Waals surface area contributed by atoms with E-state index in [-0.39, 0.29) is 11.5 Å². The molecule has 0 atom stereocenters. The minimum atomic E-state index is -0.222. The van der Waals surface area contributed by atoms with Crippen LogP contribution in [0.15, 0.2) is 52.2 Å². The average molecular weight is 450 g/mol. The zero-order valence-corrected chi connectivity index (χ0v) is 19.5. The lowest BCUT2D eigenvalue weighted by atomic mass is 10.2. The second-order valence-electron chi connectivity index (χ2n) is 7.58. The summed E-state index contributed by atoms with van der Waals surface area (Å²) >= 11 is 2.91. The van der Waals surface area contributed by atoms with Crippen LogP contribution in [0, 0.1) is 27.7 Å². The van der Waals surface area contributed by atoms with Gasteiger partial charge >= 0.3 is 0 Å². The van der Waals surface area contributed by atoms with E-state index < -0.39 is 0 Å². The van der Waals surface area contributed by atoms with Gasteiger partial charge in [-0.1, -0.05) is 35.9 Å². The van der Waals surface area contributed by atoms with Gasteiger partial charge in [0.2, 0.25) is 0 Å². The Morgan fingerprint density at radius 3 is 2.65 bits per heavy atom. The molecule has 2 N–H and O–H groups in total. The maximum atomic E-state index is 12.9. The Hall–Kier alpha value is -2.90. The van der Waals surface area contributed by atoms with Gasteiger partial charge in [0, 0.05) is 10.6 Å². The fraction of sp³-hybridized carbons (Fsp3) is 0.208. The minimum Gasteiger partial charge on any atom is -0.321 e. The van der Waals surface area contributed by atoms with Crippen molar-refractivity contribution in [2.45, 2.75) is 38.3 Å². The first-order valence-corrected chi connectivity index (χ1v) is 11.7. The van der Waals surface area contributed by atoms with E-state index in [1.807, 2.05) is 31.2 Å². The molecule has 0 unspecified atom stereocenters. The van der Waals surface area contributed by atoms with Crippen LogP contribution in [0.3, 0.4) is 0 Å². The molecule has 0 saturated carbocycles. The SMILES string of the molecule is Cc1ccc(C)c(SCc2nc3sc(C(=O)Nc4ccccc4C)c(C)c3c(=O)[nH]2)c1. The summed E-state index contributed by atoms with van der Waals surface area (Å²) in [6, 6.07) is 13.9. The Balaban J connectivity index is 1.62. The summed E-state index contributed by atoms with van der Waals surface area (Å²) < 4.78 is 0. The van der Waals surface area contributed by atoms with Crippen LogP contribution >= 0.6 is 23.1 Å². The van der Waals surface area contributed by atoms with Gasteiger partial charge in [0.05, 0.1) is 16.0 Å². The molecule has 5 nitrogen and oxygen atoms in total. The van der Waals surface area contributed by atoms with E-state index in [0.717, 1.165) is 11.3 Å². The van der Waals surface area contributed by atoms with Crippen LogP contribution in [0.4, 0.5) is 5.69 Å². The number of amides is 1. The van der Waals surface area contributed by atoms with Crippen molar-refractivity contribution in [1.82, 2.24) is 9.97 Å². The van der Waals surface area contributed by atoms with Gasteiger partial charge in [-0.2, -0.15) is 0 Å². The molecule has 0 aliphatic heterocycles. The topological polar surface area (TPSA) is 74.8 Å². The lowest BCUT2D eigenvalue weighted by molar-refractivity contribution is 0.103. The van der Waals surface area contributed by atoms with Gasteiger partial charge in [0.15, 0.2) is 0 Å². The number of benzene rings is 2. The summed E-state index contributed by atoms with van der Waals surface area (Å²) in [4.78, 5) is 35.5. The Labute approximate surface area is 188 Å². The molecule has 0 bridgehead atoms. The van der Waals surface area contributed by atoms with Gasteiger partial charge < -0.3 is 10.3 Å². The molecule has 7 heteroatoms. The number of nitrogens with zero attached hydrogens (tertiary/aromatic N) is 1. The van der Waals surface area contributed by atoms with Crippen molar-refractivity contribution in [2.75, 3.05) is 5.32 Å². The molecular formula is C24H23N3O2S2. The molecule has 158 valence electrons. The molecule has 4 rings (SSSR count). The number of thioether (sulfide) groups is 1. The number of carbonyl (C=O) groups excluding carboxylic acids is 1. The number of anilines is 1. The molecule has 1 amide bonds. The number of H-pyrrole nitrogens is 1. The number of thiophene rings is 1. The first kappa shape index (κ1) is 21.3. The van der Waals surface area contributed by atoms with Crippen LogP contribution in [-0.4, -0.2) is 15.9 Å². The molecular weight excluding hydrogens is 426 g/mol. The van der Waals surface area contributed by atoms with Gasteiger partial charge in [-0.25, -0.2) is 4.98 Å². The number of hydrogen-bond donors (Lipinski definition) is 2. The summed E-state index contributed by atoms with van der Waals surface area (Å²) in [5.74, 6) is 0.938. The number of nitrogens with one attached hydrogen (secondary N) is 2. The highest BCUT2D eigenvalue weighted by atomic mass is 32.2. The predicted octanol–water partition coefficient (Wildman–Crippen LogP) is 5.76. The zero-order chi connectivity index (χ0) is 22.1. The first-order valence-electron chi connectivity index (χ1n) is 9.93. The smallest absolute Gasteiger partial charge is 0.266 e. The van der Waals surface area contributed by atoms with Crippen LogP contribution in [-0.2, 0) is 5.75 Å². The third kappa shape index (κ3) is 4.43. The fourth-order valence-corrected chi connectivity index (χ4v) is 5.46. The molecule has 0 aliphatic carbocycles. The van der Waals surface area contributed by atoms with E-state index in [1.54, 1.807) is 18.7 Å². The molecule has 2 heterocycles. The van der Waals surface area contributed by atoms with Gasteiger partial charge in [0.1, 0.15) is 10.7 Å². The fourth-order valence-electron chi connectivity index (χ4n) is 3.37. The standard InChI is InChI=1S/C24H23N3O2S2/c1-13-9-10-15(3)18(11-13)30-12-19-26-22(28)20-16(4)21(31-24(20)27-19)23(29)25-17-8-6-5-7-14(17)2/h5-11H,12H2,1-4H3,(H,25,29)(H,26,27,28). The zero-order valence-electron chi connectivity index (χ0n) is 17.8. The first-order chi connectivity index (χ1) is 14.8. The number of hydrogen-bond acceptors (Lipinski definition) is 5. The summed E-state index contributed by atoms with van der Waals surface area (Å²) in [7, 11) is 0. The Kier molecular flexibility index (Phi) is 5.98. The van der Waals surface area contributed by atoms with E-state index >= 15 is 0 Å². The third-order valence-electron chi connectivity index (χ3n) is 5.16. The van der Waals surface area contributed by atoms with Crippen LogP contribution in [0.1, 0.15) is 37.7 Å². The number of para-hydroxylation sites is 1. The number of fused-ring (bicyclic) bond motifs is 1. The van der Waals surface area contributed by atoms with Crippen molar-refractivity contribution in [3.63, 3.8) is 0 Å². The van der Waals surface area contributed by atoms with Crippen molar-refractivity contribution in [2.24, 2.45) is 0 Å². The van der Waals surface area contributed by atoms with Crippen molar-refractivity contribution in [3.8, 4) is 0 Å². The second kappa shape index (κ2) is 8.69. The molecule has 0 radical (unpaired) electrons. The highest BCUT2D eigenvalue weighted by molar-refractivity contribution is 7.98. The molecule has 0 fully saturated rings. The molecule has 0 saturated heterocycles. The van der Waals surface area contributed by atoms with E-state index in [9.17, 15) is 9.59 Å².